The highest BCUT2D eigenvalue weighted by Gasteiger charge is 2.46. The van der Waals surface area contributed by atoms with E-state index in [1.807, 2.05) is 5.32 Å². The lowest BCUT2D eigenvalue weighted by Gasteiger charge is -2.30. The number of carbonyl (C=O) groups is 3. The Balaban J connectivity index is 2.35. The van der Waals surface area contributed by atoms with Crippen LogP contribution in [0.15, 0.2) is 18.2 Å². The highest BCUT2D eigenvalue weighted by atomic mass is 19.4. The van der Waals surface area contributed by atoms with Crippen LogP contribution in [-0.4, -0.2) is 66.3 Å². The summed E-state index contributed by atoms with van der Waals surface area (Å²) in [7, 11) is 0. The van der Waals surface area contributed by atoms with Crippen molar-refractivity contribution < 1.29 is 50.6 Å². The van der Waals surface area contributed by atoms with Crippen LogP contribution in [0.25, 0.3) is 0 Å². The fraction of sp³-hybridized carbons (Fsp3) is 0.526. The maximum atomic E-state index is 13.7. The molecule has 1 aliphatic rings. The molecule has 33 heavy (non-hydrogen) atoms. The van der Waals surface area contributed by atoms with Gasteiger partial charge in [0.25, 0.3) is 24.1 Å². The Morgan fingerprint density at radius 3 is 2.42 bits per heavy atom. The Hall–Kier alpha value is -3.03. The van der Waals surface area contributed by atoms with Crippen molar-refractivity contribution in [1.29, 1.82) is 0 Å². The molecule has 0 unspecified atom stereocenters. The van der Waals surface area contributed by atoms with E-state index >= 15 is 0 Å². The predicted octanol–water partition coefficient (Wildman–Crippen LogP) is 1.51. The molecule has 0 saturated carbocycles. The molecule has 0 spiro atoms. The maximum Gasteiger partial charge on any atom is 0.405 e. The molecule has 0 bridgehead atoms. The number of fused-ring (bicyclic) bond motifs is 1. The van der Waals surface area contributed by atoms with Gasteiger partial charge in [-0.25, -0.2) is 13.2 Å². The van der Waals surface area contributed by atoms with Gasteiger partial charge in [-0.2, -0.15) is 13.2 Å². The molecule has 2 rings (SSSR count). The first-order valence-electron chi connectivity index (χ1n) is 9.61. The van der Waals surface area contributed by atoms with Crippen molar-refractivity contribution in [2.45, 2.75) is 50.6 Å². The minimum atomic E-state index is -4.82. The molecule has 184 valence electrons. The van der Waals surface area contributed by atoms with Crippen LogP contribution >= 0.6 is 0 Å². The van der Waals surface area contributed by atoms with Crippen LogP contribution in [0.1, 0.15) is 20.3 Å². The zero-order chi connectivity index (χ0) is 25.1. The van der Waals surface area contributed by atoms with Gasteiger partial charge in [-0.05, 0) is 25.5 Å². The molecule has 1 heterocycles. The van der Waals surface area contributed by atoms with Gasteiger partial charge < -0.3 is 25.4 Å². The third-order valence-corrected chi connectivity index (χ3v) is 4.74. The summed E-state index contributed by atoms with van der Waals surface area (Å²) in [6.07, 6.45) is -9.08. The Morgan fingerprint density at radius 1 is 1.24 bits per heavy atom. The number of nitrogens with one attached hydrogen (secondary N) is 2. The molecule has 0 saturated heterocycles. The van der Waals surface area contributed by atoms with Crippen LogP contribution in [0, 0.1) is 5.82 Å². The van der Waals surface area contributed by atoms with Gasteiger partial charge in [0, 0.05) is 6.07 Å². The third kappa shape index (κ3) is 6.27. The molecule has 0 aromatic heterocycles. The first-order chi connectivity index (χ1) is 15.2. The van der Waals surface area contributed by atoms with Crippen molar-refractivity contribution >= 4 is 23.4 Å². The molecule has 1 aromatic carbocycles. The molecule has 0 fully saturated rings. The monoisotopic (exact) mass is 485 g/mol. The van der Waals surface area contributed by atoms with E-state index in [4.69, 9.17) is 4.74 Å². The molecule has 3 atom stereocenters. The summed E-state index contributed by atoms with van der Waals surface area (Å²) in [6, 6.07) is 1.11. The van der Waals surface area contributed by atoms with Gasteiger partial charge in [0.15, 0.2) is 0 Å². The normalized spacial score (nSPS) is 20.4. The van der Waals surface area contributed by atoms with Crippen LogP contribution in [0.4, 0.5) is 32.0 Å². The smallest absolute Gasteiger partial charge is 0.405 e. The van der Waals surface area contributed by atoms with Crippen LogP contribution in [0.3, 0.4) is 0 Å². The van der Waals surface area contributed by atoms with Crippen LogP contribution in [-0.2, 0) is 14.4 Å². The second kappa shape index (κ2) is 9.85. The first-order valence-corrected chi connectivity index (χ1v) is 9.61. The molecule has 0 aliphatic carbocycles. The number of hydrogen-bond acceptors (Lipinski definition) is 5. The number of amides is 3. The van der Waals surface area contributed by atoms with Gasteiger partial charge in [-0.3, -0.25) is 14.4 Å². The van der Waals surface area contributed by atoms with E-state index in [1.165, 1.54) is 12.2 Å². The Labute approximate surface area is 183 Å². The molecule has 14 heteroatoms. The van der Waals surface area contributed by atoms with E-state index in [1.54, 1.807) is 0 Å². The summed E-state index contributed by atoms with van der Waals surface area (Å²) in [5, 5.41) is 13.5. The standard InChI is InChI=1S/C19H21F6N3O5/c1-3-11-14(27-17(31)18(2,32)16(30)26-8-19(23,24)25)15(29)28(7-13(21)22)10-6-9(20)4-5-12(10)33-11/h4-6,11,13-14,32H,3,7-8H2,1-2H3,(H,26,30)(H,27,31)/t11-,14+,18+/m1/s1. The van der Waals surface area contributed by atoms with Crippen molar-refractivity contribution in [3.8, 4) is 5.75 Å². The average Bonchev–Trinajstić information content (AvgIpc) is 2.81. The van der Waals surface area contributed by atoms with E-state index in [0.29, 0.717) is 11.8 Å². The fourth-order valence-electron chi connectivity index (χ4n) is 3.02. The van der Waals surface area contributed by atoms with Crippen molar-refractivity contribution in [2.75, 3.05) is 18.0 Å². The van der Waals surface area contributed by atoms with Crippen LogP contribution in [0.2, 0.25) is 0 Å². The molecular weight excluding hydrogens is 464 g/mol. The summed E-state index contributed by atoms with van der Waals surface area (Å²) < 4.78 is 82.7. The van der Waals surface area contributed by atoms with Gasteiger partial charge in [0.2, 0.25) is 5.60 Å². The number of carbonyl (C=O) groups excluding carboxylic acids is 3. The minimum Gasteiger partial charge on any atom is -0.486 e. The number of aliphatic hydroxyl groups is 1. The number of halogens is 6. The zero-order valence-corrected chi connectivity index (χ0v) is 17.4. The summed E-state index contributed by atoms with van der Waals surface area (Å²) in [6.45, 7) is -0.916. The predicted molar refractivity (Wildman–Crippen MR) is 101 cm³/mol. The van der Waals surface area contributed by atoms with E-state index in [2.05, 4.69) is 0 Å². The third-order valence-electron chi connectivity index (χ3n) is 4.74. The second-order valence-corrected chi connectivity index (χ2v) is 7.34. The van der Waals surface area contributed by atoms with Gasteiger partial charge in [0.05, 0.1) is 12.2 Å². The van der Waals surface area contributed by atoms with E-state index < -0.39 is 67.0 Å². The topological polar surface area (TPSA) is 108 Å². The lowest BCUT2D eigenvalue weighted by Crippen LogP contribution is -2.62. The van der Waals surface area contributed by atoms with E-state index in [0.717, 1.165) is 18.2 Å². The number of benzene rings is 1. The molecule has 3 N–H and O–H groups in total. The zero-order valence-electron chi connectivity index (χ0n) is 17.4. The fourth-order valence-corrected chi connectivity index (χ4v) is 3.02. The number of nitrogens with zero attached hydrogens (tertiary/aromatic N) is 1. The Kier molecular flexibility index (Phi) is 7.83. The van der Waals surface area contributed by atoms with Crippen LogP contribution in [0.5, 0.6) is 5.75 Å². The first kappa shape index (κ1) is 26.2. The maximum absolute atomic E-state index is 13.7. The number of alkyl halides is 5. The number of hydrogen-bond donors (Lipinski definition) is 3. The van der Waals surface area contributed by atoms with Crippen molar-refractivity contribution in [2.24, 2.45) is 0 Å². The molecule has 0 radical (unpaired) electrons. The summed E-state index contributed by atoms with van der Waals surface area (Å²) in [5.74, 6) is -5.43. The molecular formula is C19H21F6N3O5. The average molecular weight is 485 g/mol. The largest absolute Gasteiger partial charge is 0.486 e. The van der Waals surface area contributed by atoms with Gasteiger partial charge in [-0.1, -0.05) is 6.92 Å². The van der Waals surface area contributed by atoms with Gasteiger partial charge in [-0.15, -0.1) is 0 Å². The van der Waals surface area contributed by atoms with Crippen molar-refractivity contribution in [3.63, 3.8) is 0 Å². The number of ether oxygens (including phenoxy) is 1. The Morgan fingerprint density at radius 2 is 1.88 bits per heavy atom. The number of anilines is 1. The van der Waals surface area contributed by atoms with Crippen molar-refractivity contribution in [1.82, 2.24) is 10.6 Å². The SMILES string of the molecule is CC[C@H]1Oc2ccc(F)cc2N(CC(F)F)C(=O)[C@H]1NC(=O)[C@@](C)(O)C(=O)NCC(F)(F)F. The molecule has 1 aromatic rings. The summed E-state index contributed by atoms with van der Waals surface area (Å²) in [5.41, 5.74) is -3.38. The number of rotatable bonds is 7. The molecule has 8 nitrogen and oxygen atoms in total. The summed E-state index contributed by atoms with van der Waals surface area (Å²) in [4.78, 5) is 38.0. The summed E-state index contributed by atoms with van der Waals surface area (Å²) >= 11 is 0. The van der Waals surface area contributed by atoms with Gasteiger partial charge in [0.1, 0.15) is 30.3 Å². The lowest BCUT2D eigenvalue weighted by atomic mass is 10.0. The van der Waals surface area contributed by atoms with Crippen LogP contribution < -0.4 is 20.3 Å². The van der Waals surface area contributed by atoms with E-state index in [9.17, 15) is 45.8 Å². The highest BCUT2D eigenvalue weighted by molar-refractivity contribution is 6.10. The molecule has 1 aliphatic heterocycles. The quantitative estimate of drug-likeness (QED) is 0.401. The lowest BCUT2D eigenvalue weighted by molar-refractivity contribution is -0.158. The Bertz CT molecular complexity index is 908. The molecule has 3 amide bonds. The van der Waals surface area contributed by atoms with Crippen molar-refractivity contribution in [3.05, 3.63) is 24.0 Å². The highest BCUT2D eigenvalue weighted by Crippen LogP contribution is 2.35. The minimum absolute atomic E-state index is 0.0123. The van der Waals surface area contributed by atoms with E-state index in [-0.39, 0.29) is 17.9 Å². The second-order valence-electron chi connectivity index (χ2n) is 7.34. The van der Waals surface area contributed by atoms with Gasteiger partial charge >= 0.3 is 6.18 Å².